The largest absolute Gasteiger partial charge is 0.619 e. The molecule has 4 aliphatic rings. The minimum absolute atomic E-state index is 0.0307. The second-order valence-electron chi connectivity index (χ2n) is 15.4. The van der Waals surface area contributed by atoms with E-state index in [1.54, 1.807) is 12.1 Å². The Morgan fingerprint density at radius 2 is 1.62 bits per heavy atom. The third-order valence-electron chi connectivity index (χ3n) is 11.1. The van der Waals surface area contributed by atoms with E-state index in [1.807, 2.05) is 48.5 Å². The summed E-state index contributed by atoms with van der Waals surface area (Å²) in [5.74, 6) is 0.347. The molecule has 12 nitrogen and oxygen atoms in total. The van der Waals surface area contributed by atoms with Gasteiger partial charge in [-0.2, -0.15) is 13.5 Å². The standard InChI is InChI=1S/C45H43Cl2F2N3O9/c46-35-22-52(55)23-36(47)34(35)21-39(30-11-13-37(60-44(48)49)40(20-30)57-25-27-9-10-27)59-43(53)38-14-12-33(58-38)26-56-32-8-4-7-31(19-32)42(29-5-2-1-3-6-29)50-45(54)61-41-24-51-17-15-28(41)16-18-51/h1-8,11-14,19-20,22-23,27-28,39,41-42,44H,9-10,15-18,21,24-26H2,(H,50,54)/t39-,41-,42-/m0/s1. The van der Waals surface area contributed by atoms with Gasteiger partial charge in [-0.1, -0.05) is 71.7 Å². The van der Waals surface area contributed by atoms with Gasteiger partial charge in [0.15, 0.2) is 23.9 Å². The van der Waals surface area contributed by atoms with Gasteiger partial charge in [-0.15, -0.1) is 0 Å². The number of pyridine rings is 1. The zero-order valence-electron chi connectivity index (χ0n) is 32.9. The first-order valence-electron chi connectivity index (χ1n) is 20.1. The quantitative estimate of drug-likeness (QED) is 0.0547. The SMILES string of the molecule is O=C(N[C@@H](c1ccccc1)c1cccc(OCc2ccc(C(=O)O[C@@H](Cc3c(Cl)c[n+]([O-])cc3Cl)c3ccc(OC(F)F)c(OCC4CC4)c3)o2)c1)O[C@H]1CN2CCC1CC2. The highest BCUT2D eigenvalue weighted by atomic mass is 35.5. The molecule has 16 heteroatoms. The first-order chi connectivity index (χ1) is 29.5. The number of esters is 1. The van der Waals surface area contributed by atoms with E-state index in [-0.39, 0.29) is 46.4 Å². The predicted molar refractivity (Wildman–Crippen MR) is 219 cm³/mol. The van der Waals surface area contributed by atoms with E-state index in [4.69, 9.17) is 51.3 Å². The Labute approximate surface area is 360 Å². The molecule has 0 spiro atoms. The van der Waals surface area contributed by atoms with Crippen molar-refractivity contribution in [1.82, 2.24) is 10.2 Å². The molecular weight excluding hydrogens is 835 g/mol. The van der Waals surface area contributed by atoms with E-state index in [0.29, 0.717) is 45.8 Å². The number of fused-ring (bicyclic) bond motifs is 3. The first kappa shape index (κ1) is 42.1. The fourth-order valence-corrected chi connectivity index (χ4v) is 8.29. The number of nitrogens with one attached hydrogen (secondary N) is 1. The molecule has 61 heavy (non-hydrogen) atoms. The van der Waals surface area contributed by atoms with E-state index < -0.39 is 30.8 Å². The summed E-state index contributed by atoms with van der Waals surface area (Å²) in [4.78, 5) is 29.3. The number of amides is 1. The number of carbonyl (C=O) groups is 2. The molecule has 5 aromatic rings. The van der Waals surface area contributed by atoms with E-state index in [1.165, 1.54) is 24.3 Å². The van der Waals surface area contributed by atoms with Crippen LogP contribution in [0.4, 0.5) is 13.6 Å². The van der Waals surface area contributed by atoms with E-state index in [0.717, 1.165) is 68.8 Å². The highest BCUT2D eigenvalue weighted by Crippen LogP contribution is 2.38. The Morgan fingerprint density at radius 1 is 0.869 bits per heavy atom. The Bertz CT molecular complexity index is 2300. The first-order valence-corrected chi connectivity index (χ1v) is 20.9. The molecule has 3 aromatic carbocycles. The van der Waals surface area contributed by atoms with Crippen LogP contribution in [-0.2, 0) is 22.5 Å². The number of benzene rings is 3. The smallest absolute Gasteiger partial charge is 0.408 e. The van der Waals surface area contributed by atoms with Crippen LogP contribution in [0, 0.1) is 17.0 Å². The zero-order valence-corrected chi connectivity index (χ0v) is 34.4. The molecule has 9 rings (SSSR count). The van der Waals surface area contributed by atoms with Gasteiger partial charge in [-0.05, 0) is 104 Å². The van der Waals surface area contributed by atoms with Crippen LogP contribution in [0.1, 0.15) is 76.4 Å². The van der Waals surface area contributed by atoms with Crippen molar-refractivity contribution < 1.29 is 51.2 Å². The topological polar surface area (TPSA) is 136 Å². The van der Waals surface area contributed by atoms with Gasteiger partial charge in [0.1, 0.15) is 40.4 Å². The number of rotatable bonds is 17. The van der Waals surface area contributed by atoms with Crippen LogP contribution >= 0.6 is 23.2 Å². The summed E-state index contributed by atoms with van der Waals surface area (Å²) in [7, 11) is 0. The van der Waals surface area contributed by atoms with E-state index in [2.05, 4.69) is 10.2 Å². The van der Waals surface area contributed by atoms with Gasteiger partial charge in [0, 0.05) is 18.5 Å². The minimum Gasteiger partial charge on any atom is -0.619 e. The summed E-state index contributed by atoms with van der Waals surface area (Å²) in [6.45, 7) is -0.0210. The molecule has 1 saturated carbocycles. The van der Waals surface area contributed by atoms with Crippen LogP contribution in [-0.4, -0.2) is 55.9 Å². The maximum absolute atomic E-state index is 13.7. The number of hydrogen-bond donors (Lipinski definition) is 1. The normalized spacial score (nSPS) is 19.2. The summed E-state index contributed by atoms with van der Waals surface area (Å²) in [6, 6.07) is 23.6. The molecule has 5 heterocycles. The van der Waals surface area contributed by atoms with Gasteiger partial charge in [-0.3, -0.25) is 4.90 Å². The molecule has 1 N–H and O–H groups in total. The van der Waals surface area contributed by atoms with Crippen molar-refractivity contribution in [2.24, 2.45) is 11.8 Å². The Balaban J connectivity index is 0.962. The second kappa shape index (κ2) is 19.0. The number of carbonyl (C=O) groups excluding carboxylic acids is 2. The highest BCUT2D eigenvalue weighted by molar-refractivity contribution is 6.35. The van der Waals surface area contributed by atoms with Gasteiger partial charge < -0.3 is 38.6 Å². The van der Waals surface area contributed by atoms with Gasteiger partial charge in [0.2, 0.25) is 5.76 Å². The van der Waals surface area contributed by atoms with Crippen molar-refractivity contribution in [3.8, 4) is 17.2 Å². The number of furan rings is 1. The fourth-order valence-electron chi connectivity index (χ4n) is 7.69. The lowest BCUT2D eigenvalue weighted by molar-refractivity contribution is -0.605. The third kappa shape index (κ3) is 10.9. The summed E-state index contributed by atoms with van der Waals surface area (Å²) < 4.78 is 61.5. The predicted octanol–water partition coefficient (Wildman–Crippen LogP) is 9.24. The maximum atomic E-state index is 13.7. The second-order valence-corrected chi connectivity index (χ2v) is 16.2. The van der Waals surface area contributed by atoms with Gasteiger partial charge >= 0.3 is 18.7 Å². The van der Waals surface area contributed by atoms with Gasteiger partial charge in [0.25, 0.3) is 0 Å². The molecule has 4 fully saturated rings. The monoisotopic (exact) mass is 877 g/mol. The molecule has 2 aromatic heterocycles. The summed E-state index contributed by atoms with van der Waals surface area (Å²) in [6.07, 6.45) is 4.38. The van der Waals surface area contributed by atoms with Crippen molar-refractivity contribution in [3.63, 3.8) is 0 Å². The highest BCUT2D eigenvalue weighted by Gasteiger charge is 2.37. The van der Waals surface area contributed by atoms with Crippen LogP contribution in [0.5, 0.6) is 17.2 Å². The molecule has 1 amide bonds. The molecule has 3 saturated heterocycles. The molecule has 320 valence electrons. The summed E-state index contributed by atoms with van der Waals surface area (Å²) in [5, 5.41) is 15.1. The van der Waals surface area contributed by atoms with E-state index >= 15 is 0 Å². The number of piperidine rings is 3. The molecule has 0 radical (unpaired) electrons. The molecule has 0 unspecified atom stereocenters. The minimum atomic E-state index is -3.09. The van der Waals surface area contributed by atoms with Crippen molar-refractivity contribution in [1.29, 1.82) is 0 Å². The summed E-state index contributed by atoms with van der Waals surface area (Å²) in [5.41, 5.74) is 2.30. The van der Waals surface area contributed by atoms with Crippen LogP contribution in [0.15, 0.2) is 102 Å². The van der Waals surface area contributed by atoms with Gasteiger partial charge in [-0.25, -0.2) is 9.59 Å². The average Bonchev–Trinajstić information content (AvgIpc) is 3.96. The van der Waals surface area contributed by atoms with Crippen LogP contribution in [0.2, 0.25) is 10.0 Å². The van der Waals surface area contributed by atoms with Crippen LogP contribution in [0.25, 0.3) is 0 Å². The van der Waals surface area contributed by atoms with Crippen LogP contribution < -0.4 is 24.3 Å². The molecule has 3 atom stereocenters. The maximum Gasteiger partial charge on any atom is 0.408 e. The number of aromatic nitrogens is 1. The lowest BCUT2D eigenvalue weighted by Crippen LogP contribution is -2.52. The average molecular weight is 879 g/mol. The third-order valence-corrected chi connectivity index (χ3v) is 11.8. The molecule has 3 aliphatic heterocycles. The molecule has 1 aliphatic carbocycles. The Kier molecular flexibility index (Phi) is 13.1. The fraction of sp³-hybridized carbons (Fsp3) is 0.356. The Hall–Kier alpha value is -5.57. The number of hydrogen-bond acceptors (Lipinski definition) is 10. The van der Waals surface area contributed by atoms with Crippen molar-refractivity contribution >= 4 is 35.3 Å². The van der Waals surface area contributed by atoms with Crippen molar-refractivity contribution in [2.45, 2.75) is 63.6 Å². The number of ether oxygens (including phenoxy) is 5. The number of alkyl halides is 2. The van der Waals surface area contributed by atoms with Crippen molar-refractivity contribution in [3.05, 3.63) is 146 Å². The number of halogens is 4. The van der Waals surface area contributed by atoms with E-state index in [9.17, 15) is 23.6 Å². The van der Waals surface area contributed by atoms with Crippen LogP contribution in [0.3, 0.4) is 0 Å². The van der Waals surface area contributed by atoms with Gasteiger partial charge in [0.05, 0.1) is 12.6 Å². The summed E-state index contributed by atoms with van der Waals surface area (Å²) >= 11 is 12.8. The lowest BCUT2D eigenvalue weighted by atomic mass is 9.86. The molecule has 2 bridgehead atoms. The lowest BCUT2D eigenvalue weighted by Gasteiger charge is -2.43. The zero-order chi connectivity index (χ0) is 42.5. The molecular formula is C45H43Cl2F2N3O9. The Morgan fingerprint density at radius 3 is 2.33 bits per heavy atom. The van der Waals surface area contributed by atoms with Crippen molar-refractivity contribution in [2.75, 3.05) is 26.2 Å². The number of alkyl carbamates (subject to hydrolysis) is 1. The number of nitrogens with zero attached hydrogens (tertiary/aromatic N) is 2.